The molecule has 7 nitrogen and oxygen atoms in total. The molecule has 21 heavy (non-hydrogen) atoms. The fraction of sp³-hybridized carbons (Fsp3) is 0.846. The van der Waals surface area contributed by atoms with Crippen molar-refractivity contribution in [2.45, 2.75) is 31.8 Å². The molecule has 8 heteroatoms. The number of nitrogens with one attached hydrogen (secondary N) is 1. The third-order valence-corrected chi connectivity index (χ3v) is 5.60. The Kier molecular flexibility index (Phi) is 5.58. The molecule has 2 heterocycles. The second-order valence-corrected chi connectivity index (χ2v) is 7.31. The molecule has 0 aliphatic carbocycles. The van der Waals surface area contributed by atoms with E-state index in [0.717, 1.165) is 12.8 Å². The van der Waals surface area contributed by atoms with E-state index in [2.05, 4.69) is 5.32 Å². The summed E-state index contributed by atoms with van der Waals surface area (Å²) in [4.78, 5) is 26.7. The molecule has 0 aromatic carbocycles. The van der Waals surface area contributed by atoms with Crippen molar-refractivity contribution < 1.29 is 18.9 Å². The summed E-state index contributed by atoms with van der Waals surface area (Å²) >= 11 is 0. The molecule has 1 unspecified atom stereocenters. The van der Waals surface area contributed by atoms with E-state index >= 15 is 0 Å². The van der Waals surface area contributed by atoms with Crippen molar-refractivity contribution in [3.05, 3.63) is 0 Å². The highest BCUT2D eigenvalue weighted by Crippen LogP contribution is 2.11. The van der Waals surface area contributed by atoms with E-state index in [0.29, 0.717) is 37.7 Å². The lowest BCUT2D eigenvalue weighted by atomic mass is 10.1. The Labute approximate surface area is 127 Å². The first kappa shape index (κ1) is 16.2. The van der Waals surface area contributed by atoms with Crippen molar-refractivity contribution in [2.75, 3.05) is 37.7 Å². The molecule has 0 radical (unpaired) electrons. The van der Waals surface area contributed by atoms with Gasteiger partial charge in [0.1, 0.15) is 6.04 Å². The van der Waals surface area contributed by atoms with Crippen LogP contribution in [-0.4, -0.2) is 80.9 Å². The summed E-state index contributed by atoms with van der Waals surface area (Å²) in [6.07, 6.45) is 1.54. The highest BCUT2D eigenvalue weighted by atomic mass is 32.2. The molecule has 2 rings (SSSR count). The quantitative estimate of drug-likeness (QED) is 0.746. The molecular formula is C13H23N3O4S. The van der Waals surface area contributed by atoms with Gasteiger partial charge in [-0.3, -0.25) is 13.9 Å². The van der Waals surface area contributed by atoms with E-state index in [4.69, 9.17) is 5.11 Å². The van der Waals surface area contributed by atoms with Crippen LogP contribution in [0.3, 0.4) is 0 Å². The van der Waals surface area contributed by atoms with Gasteiger partial charge in [-0.2, -0.15) is 0 Å². The molecule has 0 saturated carbocycles. The van der Waals surface area contributed by atoms with Gasteiger partial charge in [0.25, 0.3) is 0 Å². The molecule has 2 aliphatic rings. The van der Waals surface area contributed by atoms with E-state index in [1.807, 2.05) is 4.90 Å². The van der Waals surface area contributed by atoms with Crippen LogP contribution < -0.4 is 5.32 Å². The SMILES string of the molecule is CC(C(=O)O)N1CCN(C(=O)NC2CCS(=O)CC2)CC1. The zero-order chi connectivity index (χ0) is 15.4. The van der Waals surface area contributed by atoms with Crippen molar-refractivity contribution in [3.63, 3.8) is 0 Å². The van der Waals surface area contributed by atoms with Crippen molar-refractivity contribution in [3.8, 4) is 0 Å². The normalized spacial score (nSPS) is 28.9. The highest BCUT2D eigenvalue weighted by molar-refractivity contribution is 7.85. The third-order valence-electron chi connectivity index (χ3n) is 4.22. The van der Waals surface area contributed by atoms with Gasteiger partial charge in [0.15, 0.2) is 0 Å². The maximum absolute atomic E-state index is 12.2. The summed E-state index contributed by atoms with van der Waals surface area (Å²) in [5.74, 6) is 0.493. The number of aliphatic carboxylic acids is 1. The van der Waals surface area contributed by atoms with Crippen LogP contribution in [0.2, 0.25) is 0 Å². The number of piperazine rings is 1. The second-order valence-electron chi connectivity index (χ2n) is 5.61. The smallest absolute Gasteiger partial charge is 0.320 e. The predicted molar refractivity (Wildman–Crippen MR) is 79.7 cm³/mol. The van der Waals surface area contributed by atoms with Crippen LogP contribution in [0.15, 0.2) is 0 Å². The van der Waals surface area contributed by atoms with Crippen LogP contribution in [0.4, 0.5) is 4.79 Å². The lowest BCUT2D eigenvalue weighted by Gasteiger charge is -2.37. The fourth-order valence-electron chi connectivity index (χ4n) is 2.67. The average molecular weight is 317 g/mol. The summed E-state index contributed by atoms with van der Waals surface area (Å²) in [5, 5.41) is 12.0. The molecule has 120 valence electrons. The Balaban J connectivity index is 1.75. The summed E-state index contributed by atoms with van der Waals surface area (Å²) in [6, 6.07) is -0.481. The summed E-state index contributed by atoms with van der Waals surface area (Å²) in [7, 11) is -0.722. The van der Waals surface area contributed by atoms with Crippen LogP contribution in [0.1, 0.15) is 19.8 Å². The van der Waals surface area contributed by atoms with Gasteiger partial charge in [0, 0.05) is 54.5 Å². The van der Waals surface area contributed by atoms with Gasteiger partial charge in [-0.25, -0.2) is 4.79 Å². The summed E-state index contributed by atoms with van der Waals surface area (Å²) in [6.45, 7) is 3.91. The number of carboxylic acid groups (broad SMARTS) is 1. The second kappa shape index (κ2) is 7.22. The van der Waals surface area contributed by atoms with Crippen molar-refractivity contribution in [1.29, 1.82) is 0 Å². The molecule has 2 amide bonds. The van der Waals surface area contributed by atoms with E-state index < -0.39 is 22.8 Å². The van der Waals surface area contributed by atoms with Gasteiger partial charge in [0.2, 0.25) is 0 Å². The van der Waals surface area contributed by atoms with E-state index in [9.17, 15) is 13.8 Å². The number of nitrogens with zero attached hydrogens (tertiary/aromatic N) is 2. The first-order valence-corrected chi connectivity index (χ1v) is 8.83. The standard InChI is InChI=1S/C13H23N3O4S/c1-10(12(17)18)15-4-6-16(7-5-15)13(19)14-11-2-8-21(20)9-3-11/h10-11H,2-9H2,1H3,(H,14,19)(H,17,18). The van der Waals surface area contributed by atoms with E-state index in [1.54, 1.807) is 11.8 Å². The molecular weight excluding hydrogens is 294 g/mol. The van der Waals surface area contributed by atoms with Crippen LogP contribution in [0.25, 0.3) is 0 Å². The maximum Gasteiger partial charge on any atom is 0.320 e. The number of rotatable bonds is 3. The minimum atomic E-state index is -0.830. The predicted octanol–water partition coefficient (Wildman–Crippen LogP) is -0.302. The summed E-state index contributed by atoms with van der Waals surface area (Å²) in [5.41, 5.74) is 0. The van der Waals surface area contributed by atoms with Gasteiger partial charge in [-0.05, 0) is 19.8 Å². The number of carbonyl (C=O) groups is 2. The molecule has 0 bridgehead atoms. The first-order valence-electron chi connectivity index (χ1n) is 7.34. The zero-order valence-electron chi connectivity index (χ0n) is 12.3. The molecule has 2 saturated heterocycles. The Hall–Kier alpha value is -1.15. The van der Waals surface area contributed by atoms with E-state index in [1.165, 1.54) is 0 Å². The van der Waals surface area contributed by atoms with Gasteiger partial charge in [-0.15, -0.1) is 0 Å². The molecule has 0 aromatic heterocycles. The first-order chi connectivity index (χ1) is 9.97. The van der Waals surface area contributed by atoms with E-state index in [-0.39, 0.29) is 12.1 Å². The van der Waals surface area contributed by atoms with Crippen LogP contribution >= 0.6 is 0 Å². The average Bonchev–Trinajstić information content (AvgIpc) is 2.49. The van der Waals surface area contributed by atoms with Crippen LogP contribution in [-0.2, 0) is 15.6 Å². The van der Waals surface area contributed by atoms with Crippen molar-refractivity contribution in [1.82, 2.24) is 15.1 Å². The molecule has 0 spiro atoms. The van der Waals surface area contributed by atoms with Gasteiger partial charge < -0.3 is 15.3 Å². The molecule has 2 aliphatic heterocycles. The summed E-state index contributed by atoms with van der Waals surface area (Å²) < 4.78 is 11.3. The highest BCUT2D eigenvalue weighted by Gasteiger charge is 2.28. The van der Waals surface area contributed by atoms with Gasteiger partial charge in [0.05, 0.1) is 0 Å². The topological polar surface area (TPSA) is 89.9 Å². The Morgan fingerprint density at radius 2 is 1.76 bits per heavy atom. The van der Waals surface area contributed by atoms with Crippen LogP contribution in [0, 0.1) is 0 Å². The minimum absolute atomic E-state index is 0.0877. The monoisotopic (exact) mass is 317 g/mol. The number of carbonyl (C=O) groups excluding carboxylic acids is 1. The molecule has 0 aromatic rings. The Morgan fingerprint density at radius 1 is 1.19 bits per heavy atom. The number of hydrogen-bond acceptors (Lipinski definition) is 4. The molecule has 2 N–H and O–H groups in total. The Bertz CT molecular complexity index is 414. The third kappa shape index (κ3) is 4.41. The van der Waals surface area contributed by atoms with Crippen LogP contribution in [0.5, 0.6) is 0 Å². The molecule has 2 fully saturated rings. The maximum atomic E-state index is 12.2. The number of hydrogen-bond donors (Lipinski definition) is 2. The van der Waals surface area contributed by atoms with Gasteiger partial charge >= 0.3 is 12.0 Å². The van der Waals surface area contributed by atoms with Crippen molar-refractivity contribution in [2.24, 2.45) is 0 Å². The lowest BCUT2D eigenvalue weighted by Crippen LogP contribution is -2.56. The van der Waals surface area contributed by atoms with Crippen molar-refractivity contribution >= 4 is 22.8 Å². The number of amides is 2. The number of urea groups is 1. The number of carboxylic acids is 1. The lowest BCUT2D eigenvalue weighted by molar-refractivity contribution is -0.143. The zero-order valence-corrected chi connectivity index (χ0v) is 13.1. The fourth-order valence-corrected chi connectivity index (χ4v) is 3.97. The Morgan fingerprint density at radius 3 is 2.29 bits per heavy atom. The molecule has 1 atom stereocenters. The largest absolute Gasteiger partial charge is 0.480 e. The van der Waals surface area contributed by atoms with Gasteiger partial charge in [-0.1, -0.05) is 0 Å². The minimum Gasteiger partial charge on any atom is -0.480 e.